The lowest BCUT2D eigenvalue weighted by atomic mass is 10.1. The summed E-state index contributed by atoms with van der Waals surface area (Å²) in [5.41, 5.74) is 1.78. The van der Waals surface area contributed by atoms with Crippen molar-refractivity contribution in [3.05, 3.63) is 64.4 Å². The van der Waals surface area contributed by atoms with Gasteiger partial charge in [0.05, 0.1) is 5.69 Å². The third-order valence-electron chi connectivity index (χ3n) is 5.51. The van der Waals surface area contributed by atoms with Crippen LogP contribution in [0.1, 0.15) is 41.6 Å². The molecule has 2 aliphatic heterocycles. The topological polar surface area (TPSA) is 70.7 Å². The number of carbonyl (C=O) groups is 2. The fraction of sp³-hybridized carbons (Fsp3) is 0.333. The maximum absolute atomic E-state index is 12.5. The molecule has 0 aromatic heterocycles. The molecule has 0 atom stereocenters. The number of benzene rings is 2. The number of nitrogens with zero attached hydrogens (tertiary/aromatic N) is 1. The van der Waals surface area contributed by atoms with Crippen LogP contribution in [-0.4, -0.2) is 42.9 Å². The maximum Gasteiger partial charge on any atom is 0.291 e. The van der Waals surface area contributed by atoms with Crippen molar-refractivity contribution in [2.45, 2.75) is 25.7 Å². The Kier molecular flexibility index (Phi) is 6.89. The van der Waals surface area contributed by atoms with Gasteiger partial charge in [-0.3, -0.25) is 9.59 Å². The number of anilines is 1. The Hall–Kier alpha value is -2.83. The second-order valence-corrected chi connectivity index (χ2v) is 8.28. The number of hydrogen-bond acceptors (Lipinski definition) is 4. The number of amides is 2. The summed E-state index contributed by atoms with van der Waals surface area (Å²) in [6.07, 6.45) is 6.70. The average molecular weight is 440 g/mol. The molecule has 31 heavy (non-hydrogen) atoms. The highest BCUT2D eigenvalue weighted by molar-refractivity contribution is 6.30. The molecule has 0 unspecified atom stereocenters. The first kappa shape index (κ1) is 21.4. The van der Waals surface area contributed by atoms with E-state index in [0.717, 1.165) is 25.2 Å². The van der Waals surface area contributed by atoms with E-state index in [1.807, 2.05) is 0 Å². The van der Waals surface area contributed by atoms with E-state index in [1.54, 1.807) is 48.5 Å². The molecule has 0 aliphatic carbocycles. The lowest BCUT2D eigenvalue weighted by Gasteiger charge is -2.21. The molecule has 1 fully saturated rings. The van der Waals surface area contributed by atoms with Crippen LogP contribution < -0.4 is 15.4 Å². The van der Waals surface area contributed by atoms with Crippen LogP contribution in [0.5, 0.6) is 5.75 Å². The summed E-state index contributed by atoms with van der Waals surface area (Å²) in [6, 6.07) is 12.2. The molecule has 1 saturated heterocycles. The molecule has 2 aliphatic rings. The van der Waals surface area contributed by atoms with E-state index in [-0.39, 0.29) is 17.6 Å². The van der Waals surface area contributed by atoms with Crippen molar-refractivity contribution in [3.8, 4) is 5.75 Å². The van der Waals surface area contributed by atoms with E-state index in [2.05, 4.69) is 15.5 Å². The van der Waals surface area contributed by atoms with E-state index in [0.29, 0.717) is 28.6 Å². The molecule has 2 aromatic carbocycles. The molecular weight excluding hydrogens is 414 g/mol. The van der Waals surface area contributed by atoms with Gasteiger partial charge in [-0.1, -0.05) is 36.6 Å². The molecule has 0 saturated carbocycles. The van der Waals surface area contributed by atoms with E-state index < -0.39 is 0 Å². The summed E-state index contributed by atoms with van der Waals surface area (Å²) < 4.78 is 5.76. The molecule has 2 N–H and O–H groups in total. The minimum atomic E-state index is -0.360. The summed E-state index contributed by atoms with van der Waals surface area (Å²) in [7, 11) is 0. The van der Waals surface area contributed by atoms with Gasteiger partial charge in [-0.25, -0.2) is 0 Å². The minimum absolute atomic E-state index is 0.158. The van der Waals surface area contributed by atoms with E-state index in [4.69, 9.17) is 16.3 Å². The molecule has 4 rings (SSSR count). The Bertz CT molecular complexity index is 980. The fourth-order valence-electron chi connectivity index (χ4n) is 3.80. The quantitative estimate of drug-likeness (QED) is 0.681. The van der Waals surface area contributed by atoms with E-state index >= 15 is 0 Å². The predicted molar refractivity (Wildman–Crippen MR) is 122 cm³/mol. The number of likely N-dealkylation sites (tertiary alicyclic amines) is 1. The van der Waals surface area contributed by atoms with Crippen molar-refractivity contribution in [3.63, 3.8) is 0 Å². The molecule has 2 aromatic rings. The van der Waals surface area contributed by atoms with Gasteiger partial charge in [-0.05, 0) is 67.9 Å². The van der Waals surface area contributed by atoms with Gasteiger partial charge in [-0.15, -0.1) is 0 Å². The number of ether oxygens (including phenoxy) is 1. The summed E-state index contributed by atoms with van der Waals surface area (Å²) in [6.45, 7) is 3.66. The van der Waals surface area contributed by atoms with Gasteiger partial charge in [0, 0.05) is 23.7 Å². The van der Waals surface area contributed by atoms with Crippen LogP contribution in [0.25, 0.3) is 6.08 Å². The summed E-state index contributed by atoms with van der Waals surface area (Å²) in [5.74, 6) is 0.168. The van der Waals surface area contributed by atoms with Crippen molar-refractivity contribution in [2.24, 2.45) is 0 Å². The number of carbonyl (C=O) groups excluding carboxylic acids is 2. The summed E-state index contributed by atoms with van der Waals surface area (Å²) >= 11 is 5.90. The largest absolute Gasteiger partial charge is 0.449 e. The van der Waals surface area contributed by atoms with Gasteiger partial charge in [0.25, 0.3) is 11.8 Å². The van der Waals surface area contributed by atoms with Crippen molar-refractivity contribution in [1.82, 2.24) is 10.2 Å². The number of halogens is 1. The third-order valence-corrected chi connectivity index (χ3v) is 5.77. The zero-order valence-corrected chi connectivity index (χ0v) is 18.1. The van der Waals surface area contributed by atoms with Gasteiger partial charge < -0.3 is 20.3 Å². The number of hydrogen-bond donors (Lipinski definition) is 2. The molecule has 6 nitrogen and oxygen atoms in total. The zero-order chi connectivity index (χ0) is 21.6. The smallest absolute Gasteiger partial charge is 0.291 e. The van der Waals surface area contributed by atoms with Gasteiger partial charge >= 0.3 is 0 Å². The molecule has 0 bridgehead atoms. The first-order chi connectivity index (χ1) is 15.1. The normalized spacial score (nSPS) is 18.0. The van der Waals surface area contributed by atoms with Crippen LogP contribution >= 0.6 is 11.6 Å². The summed E-state index contributed by atoms with van der Waals surface area (Å²) in [4.78, 5) is 27.4. The van der Waals surface area contributed by atoms with Crippen LogP contribution in [0.3, 0.4) is 0 Å². The second-order valence-electron chi connectivity index (χ2n) is 7.84. The van der Waals surface area contributed by atoms with Crippen LogP contribution in [0.15, 0.2) is 48.2 Å². The van der Waals surface area contributed by atoms with Crippen LogP contribution in [0, 0.1) is 0 Å². The maximum atomic E-state index is 12.5. The lowest BCUT2D eigenvalue weighted by molar-refractivity contribution is -0.115. The highest BCUT2D eigenvalue weighted by atomic mass is 35.5. The van der Waals surface area contributed by atoms with Gasteiger partial charge in [0.15, 0.2) is 11.5 Å². The molecule has 2 amide bonds. The predicted octanol–water partition coefficient (Wildman–Crippen LogP) is 4.32. The van der Waals surface area contributed by atoms with Gasteiger partial charge in [-0.2, -0.15) is 0 Å². The number of fused-ring (bicyclic) bond motifs is 1. The first-order valence-electron chi connectivity index (χ1n) is 10.7. The van der Waals surface area contributed by atoms with Crippen molar-refractivity contribution < 1.29 is 14.3 Å². The standard InChI is InChI=1S/C24H26ClN3O3/c25-19-8-5-17(6-9-19)15-22-24(30)27-20-16-18(7-10-21(20)31-22)23(29)26-11-14-28-12-3-1-2-4-13-28/h5-10,15-16H,1-4,11-14H2,(H,26,29)(H,27,30)/b22-15-. The van der Waals surface area contributed by atoms with E-state index in [9.17, 15) is 9.59 Å². The molecule has 0 spiro atoms. The van der Waals surface area contributed by atoms with Crippen molar-refractivity contribution in [1.29, 1.82) is 0 Å². The number of nitrogens with one attached hydrogen (secondary N) is 2. The average Bonchev–Trinajstić information content (AvgIpc) is 3.04. The molecule has 7 heteroatoms. The van der Waals surface area contributed by atoms with Crippen LogP contribution in [-0.2, 0) is 4.79 Å². The number of rotatable bonds is 5. The molecular formula is C24H26ClN3O3. The van der Waals surface area contributed by atoms with Crippen molar-refractivity contribution in [2.75, 3.05) is 31.5 Å². The Labute approximate surface area is 187 Å². The second kappa shape index (κ2) is 9.98. The first-order valence-corrected chi connectivity index (χ1v) is 11.1. The fourth-order valence-corrected chi connectivity index (χ4v) is 3.93. The molecule has 0 radical (unpaired) electrons. The summed E-state index contributed by atoms with van der Waals surface area (Å²) in [5, 5.41) is 6.40. The monoisotopic (exact) mass is 439 g/mol. The Morgan fingerprint density at radius 2 is 1.84 bits per heavy atom. The Morgan fingerprint density at radius 1 is 1.10 bits per heavy atom. The van der Waals surface area contributed by atoms with Gasteiger partial charge in [0.1, 0.15) is 0 Å². The minimum Gasteiger partial charge on any atom is -0.449 e. The SMILES string of the molecule is O=C1Nc2cc(C(=O)NCCN3CCCCCC3)ccc2O/C1=C\c1ccc(Cl)cc1. The Balaban J connectivity index is 1.37. The van der Waals surface area contributed by atoms with Crippen LogP contribution in [0.2, 0.25) is 5.02 Å². The van der Waals surface area contributed by atoms with Crippen molar-refractivity contribution >= 4 is 35.2 Å². The zero-order valence-electron chi connectivity index (χ0n) is 17.3. The van der Waals surface area contributed by atoms with Gasteiger partial charge in [0.2, 0.25) is 0 Å². The lowest BCUT2D eigenvalue weighted by Crippen LogP contribution is -2.35. The third kappa shape index (κ3) is 5.66. The highest BCUT2D eigenvalue weighted by Crippen LogP contribution is 2.32. The molecule has 162 valence electrons. The highest BCUT2D eigenvalue weighted by Gasteiger charge is 2.23. The molecule has 2 heterocycles. The van der Waals surface area contributed by atoms with E-state index in [1.165, 1.54) is 25.7 Å². The van der Waals surface area contributed by atoms with Crippen LogP contribution in [0.4, 0.5) is 5.69 Å². The Morgan fingerprint density at radius 3 is 2.58 bits per heavy atom.